The van der Waals surface area contributed by atoms with Crippen molar-refractivity contribution in [2.75, 3.05) is 19.6 Å². The van der Waals surface area contributed by atoms with Crippen molar-refractivity contribution in [2.45, 2.75) is 49.5 Å². The molecule has 1 fully saturated rings. The maximum absolute atomic E-state index is 13.1. The van der Waals surface area contributed by atoms with Crippen molar-refractivity contribution in [3.8, 4) is 0 Å². The summed E-state index contributed by atoms with van der Waals surface area (Å²) in [5.74, 6) is -1.37. The number of sulfonamides is 1. The zero-order valence-electron chi connectivity index (χ0n) is 18.5. The number of hydrogen-bond donors (Lipinski definition) is 2. The zero-order valence-corrected chi connectivity index (χ0v) is 20.1. The Hall–Kier alpha value is -2.42. The van der Waals surface area contributed by atoms with E-state index in [9.17, 15) is 18.0 Å². The van der Waals surface area contributed by atoms with Crippen molar-refractivity contribution < 1.29 is 18.0 Å². The first-order valence-corrected chi connectivity index (χ1v) is 13.1. The van der Waals surface area contributed by atoms with Gasteiger partial charge in [-0.2, -0.15) is 4.31 Å². The van der Waals surface area contributed by atoms with Gasteiger partial charge in [-0.25, -0.2) is 8.42 Å². The van der Waals surface area contributed by atoms with E-state index in [1.54, 1.807) is 12.1 Å². The molecule has 2 amide bonds. The summed E-state index contributed by atoms with van der Waals surface area (Å²) in [5.41, 5.74) is 1.18. The van der Waals surface area contributed by atoms with Crippen LogP contribution in [0.3, 0.4) is 0 Å². The second-order valence-corrected chi connectivity index (χ2v) is 10.4. The lowest BCUT2D eigenvalue weighted by Crippen LogP contribution is -2.46. The number of rotatable bonds is 9. The van der Waals surface area contributed by atoms with Crippen LogP contribution in [-0.4, -0.2) is 50.2 Å². The molecule has 9 heteroatoms. The number of hydrogen-bond acceptors (Lipinski definition) is 4. The summed E-state index contributed by atoms with van der Waals surface area (Å²) in [6.07, 6.45) is 4.44. The molecule has 2 aromatic rings. The predicted octanol–water partition coefficient (Wildman–Crippen LogP) is 3.14. The highest BCUT2D eigenvalue weighted by molar-refractivity contribution is 7.89. The topological polar surface area (TPSA) is 95.6 Å². The second-order valence-electron chi connectivity index (χ2n) is 8.11. The molecule has 33 heavy (non-hydrogen) atoms. The van der Waals surface area contributed by atoms with Crippen molar-refractivity contribution >= 4 is 33.4 Å². The predicted molar refractivity (Wildman–Crippen MR) is 128 cm³/mol. The second kappa shape index (κ2) is 12.2. The van der Waals surface area contributed by atoms with Gasteiger partial charge in [0.15, 0.2) is 0 Å². The van der Waals surface area contributed by atoms with E-state index < -0.39 is 21.8 Å². The first-order chi connectivity index (χ1) is 15.9. The van der Waals surface area contributed by atoms with E-state index in [1.807, 2.05) is 30.3 Å². The van der Waals surface area contributed by atoms with E-state index in [0.29, 0.717) is 31.0 Å². The minimum atomic E-state index is -3.65. The number of aryl methyl sites for hydroxylation is 1. The van der Waals surface area contributed by atoms with Crippen LogP contribution in [0.25, 0.3) is 0 Å². The number of carbonyl (C=O) groups is 2. The fraction of sp³-hybridized carbons (Fsp3) is 0.417. The Kier molecular flexibility index (Phi) is 9.29. The normalized spacial score (nSPS) is 16.8. The van der Waals surface area contributed by atoms with E-state index in [2.05, 4.69) is 10.6 Å². The third kappa shape index (κ3) is 7.28. The van der Waals surface area contributed by atoms with Crippen molar-refractivity contribution in [1.29, 1.82) is 0 Å². The van der Waals surface area contributed by atoms with Gasteiger partial charge in [0.05, 0.1) is 4.90 Å². The number of amides is 2. The number of benzene rings is 2. The minimum Gasteiger partial charge on any atom is -0.348 e. The third-order valence-corrected chi connectivity index (χ3v) is 7.95. The summed E-state index contributed by atoms with van der Waals surface area (Å²) < 4.78 is 27.7. The van der Waals surface area contributed by atoms with Crippen LogP contribution in [0.2, 0.25) is 5.02 Å². The molecule has 1 aliphatic heterocycles. The van der Waals surface area contributed by atoms with Crippen LogP contribution in [0.5, 0.6) is 0 Å². The molecule has 2 N–H and O–H groups in total. The van der Waals surface area contributed by atoms with Gasteiger partial charge >= 0.3 is 11.8 Å². The van der Waals surface area contributed by atoms with E-state index >= 15 is 0 Å². The Balaban J connectivity index is 1.44. The number of carbonyl (C=O) groups excluding carboxylic acids is 2. The average Bonchev–Trinajstić information content (AvgIpc) is 2.83. The van der Waals surface area contributed by atoms with Crippen molar-refractivity contribution in [1.82, 2.24) is 14.9 Å². The molecule has 1 heterocycles. The van der Waals surface area contributed by atoms with Crippen LogP contribution < -0.4 is 10.6 Å². The fourth-order valence-corrected chi connectivity index (χ4v) is 5.82. The molecular weight excluding hydrogens is 462 g/mol. The molecule has 2 aromatic carbocycles. The number of halogens is 1. The van der Waals surface area contributed by atoms with Crippen LogP contribution in [0.15, 0.2) is 59.5 Å². The lowest BCUT2D eigenvalue weighted by atomic mass is 10.0. The highest BCUT2D eigenvalue weighted by atomic mass is 35.5. The largest absolute Gasteiger partial charge is 0.348 e. The Morgan fingerprint density at radius 1 is 0.939 bits per heavy atom. The smallest absolute Gasteiger partial charge is 0.309 e. The summed E-state index contributed by atoms with van der Waals surface area (Å²) in [7, 11) is -3.65. The lowest BCUT2D eigenvalue weighted by molar-refractivity contribution is -0.139. The Bertz CT molecular complexity index is 1030. The monoisotopic (exact) mass is 491 g/mol. The summed E-state index contributed by atoms with van der Waals surface area (Å²) in [4.78, 5) is 24.4. The highest BCUT2D eigenvalue weighted by Gasteiger charge is 2.33. The zero-order chi connectivity index (χ0) is 23.7. The van der Waals surface area contributed by atoms with Crippen molar-refractivity contribution in [2.24, 2.45) is 0 Å². The Labute approximate surface area is 200 Å². The van der Waals surface area contributed by atoms with Gasteiger partial charge in [0.2, 0.25) is 10.0 Å². The van der Waals surface area contributed by atoms with Gasteiger partial charge in [-0.15, -0.1) is 0 Å². The maximum atomic E-state index is 13.1. The molecule has 0 bridgehead atoms. The fourth-order valence-electron chi connectivity index (χ4n) is 3.97. The summed E-state index contributed by atoms with van der Waals surface area (Å²) in [5, 5.41) is 5.73. The van der Waals surface area contributed by atoms with Crippen LogP contribution in [0.1, 0.15) is 37.7 Å². The molecule has 7 nitrogen and oxygen atoms in total. The Morgan fingerprint density at radius 2 is 1.61 bits per heavy atom. The number of nitrogens with zero attached hydrogens (tertiary/aromatic N) is 1. The van der Waals surface area contributed by atoms with Crippen LogP contribution >= 0.6 is 11.6 Å². The molecule has 3 rings (SSSR count). The standard InChI is InChI=1S/C24H30ClN3O4S/c25-20-11-13-22(14-12-20)33(31,32)28-18-5-4-10-21(28)15-17-27-24(30)23(29)26-16-6-9-19-7-2-1-3-8-19/h1-3,7-8,11-14,21H,4-6,9-10,15-18H2,(H,26,29)(H,27,30)/t21-/m0/s1. The van der Waals surface area contributed by atoms with Crippen molar-refractivity contribution in [3.05, 3.63) is 65.2 Å². The minimum absolute atomic E-state index is 0.206. The molecule has 1 atom stereocenters. The number of nitrogens with one attached hydrogen (secondary N) is 2. The maximum Gasteiger partial charge on any atom is 0.309 e. The van der Waals surface area contributed by atoms with Gasteiger partial charge in [0, 0.05) is 30.7 Å². The summed E-state index contributed by atoms with van der Waals surface area (Å²) >= 11 is 5.89. The Morgan fingerprint density at radius 3 is 2.30 bits per heavy atom. The van der Waals surface area contributed by atoms with Crippen molar-refractivity contribution in [3.63, 3.8) is 0 Å². The number of piperidine rings is 1. The van der Waals surface area contributed by atoms with Gasteiger partial charge < -0.3 is 10.6 Å². The van der Waals surface area contributed by atoms with Gasteiger partial charge in [0.1, 0.15) is 0 Å². The van der Waals surface area contributed by atoms with Crippen LogP contribution in [0, 0.1) is 0 Å². The molecule has 0 radical (unpaired) electrons. The van der Waals surface area contributed by atoms with Crippen LogP contribution in [-0.2, 0) is 26.0 Å². The van der Waals surface area contributed by atoms with Crippen LogP contribution in [0.4, 0.5) is 0 Å². The molecule has 0 aliphatic carbocycles. The SMILES string of the molecule is O=C(NCCCc1ccccc1)C(=O)NCC[C@@H]1CCCCN1S(=O)(=O)c1ccc(Cl)cc1. The molecule has 0 spiro atoms. The molecular formula is C24H30ClN3O4S. The average molecular weight is 492 g/mol. The molecule has 178 valence electrons. The first kappa shape index (κ1) is 25.2. The lowest BCUT2D eigenvalue weighted by Gasteiger charge is -2.34. The van der Waals surface area contributed by atoms with Gasteiger partial charge in [0.25, 0.3) is 0 Å². The van der Waals surface area contributed by atoms with Gasteiger partial charge in [-0.05, 0) is 61.9 Å². The van der Waals surface area contributed by atoms with E-state index in [1.165, 1.54) is 22.0 Å². The molecule has 0 unspecified atom stereocenters. The van der Waals surface area contributed by atoms with Gasteiger partial charge in [-0.1, -0.05) is 48.4 Å². The molecule has 0 saturated carbocycles. The third-order valence-electron chi connectivity index (χ3n) is 5.73. The summed E-state index contributed by atoms with van der Waals surface area (Å²) in [6, 6.07) is 15.8. The quantitative estimate of drug-likeness (QED) is 0.416. The molecule has 1 saturated heterocycles. The van der Waals surface area contributed by atoms with Gasteiger partial charge in [-0.3, -0.25) is 9.59 Å². The van der Waals surface area contributed by atoms with E-state index in [4.69, 9.17) is 11.6 Å². The molecule has 0 aromatic heterocycles. The summed E-state index contributed by atoms with van der Waals surface area (Å²) in [6.45, 7) is 1.08. The van der Waals surface area contributed by atoms with E-state index in [-0.39, 0.29) is 17.5 Å². The highest BCUT2D eigenvalue weighted by Crippen LogP contribution is 2.27. The van der Waals surface area contributed by atoms with E-state index in [0.717, 1.165) is 25.7 Å². The first-order valence-electron chi connectivity index (χ1n) is 11.3. The molecule has 1 aliphatic rings.